The largest absolute Gasteiger partial charge is 0.325 e. The molecule has 1 heterocycles. The lowest BCUT2D eigenvalue weighted by Crippen LogP contribution is -2.30. The van der Waals surface area contributed by atoms with E-state index >= 15 is 0 Å². The second-order valence-electron chi connectivity index (χ2n) is 6.84. The van der Waals surface area contributed by atoms with Crippen molar-refractivity contribution in [3.63, 3.8) is 0 Å². The molecule has 1 amide bonds. The van der Waals surface area contributed by atoms with Crippen LogP contribution in [0.4, 0.5) is 5.69 Å². The molecule has 2 N–H and O–H groups in total. The van der Waals surface area contributed by atoms with Crippen molar-refractivity contribution in [1.29, 1.82) is 0 Å². The Kier molecular flexibility index (Phi) is 6.72. The van der Waals surface area contributed by atoms with Crippen LogP contribution in [0, 0.1) is 0 Å². The molecule has 6 nitrogen and oxygen atoms in total. The molecular formula is C20H24ClN3O3S. The number of hydrogen-bond acceptors (Lipinski definition) is 4. The molecule has 1 atom stereocenters. The molecule has 1 aliphatic rings. The second-order valence-corrected chi connectivity index (χ2v) is 9.21. The third-order valence-corrected chi connectivity index (χ3v) is 6.94. The lowest BCUT2D eigenvalue weighted by molar-refractivity contribution is -0.115. The number of nitrogens with one attached hydrogen (secondary N) is 2. The molecule has 8 heteroatoms. The Balaban J connectivity index is 1.53. The molecule has 150 valence electrons. The van der Waals surface area contributed by atoms with Gasteiger partial charge in [-0.2, -0.15) is 4.31 Å². The summed E-state index contributed by atoms with van der Waals surface area (Å²) in [4.78, 5) is 12.4. The van der Waals surface area contributed by atoms with Gasteiger partial charge in [0.25, 0.3) is 0 Å². The molecule has 0 bridgehead atoms. The summed E-state index contributed by atoms with van der Waals surface area (Å²) in [5, 5.41) is 6.60. The lowest BCUT2D eigenvalue weighted by Gasteiger charge is -2.16. The van der Waals surface area contributed by atoms with E-state index < -0.39 is 10.0 Å². The van der Waals surface area contributed by atoms with Crippen molar-refractivity contribution in [2.75, 3.05) is 25.0 Å². The van der Waals surface area contributed by atoms with Crippen LogP contribution in [0.3, 0.4) is 0 Å². The minimum absolute atomic E-state index is 0.00371. The highest BCUT2D eigenvalue weighted by molar-refractivity contribution is 7.89. The van der Waals surface area contributed by atoms with Gasteiger partial charge in [0.15, 0.2) is 0 Å². The minimum Gasteiger partial charge on any atom is -0.325 e. The van der Waals surface area contributed by atoms with E-state index in [9.17, 15) is 13.2 Å². The number of nitrogens with zero attached hydrogens (tertiary/aromatic N) is 1. The quantitative estimate of drug-likeness (QED) is 0.718. The monoisotopic (exact) mass is 421 g/mol. The Hall–Kier alpha value is -1.93. The highest BCUT2D eigenvalue weighted by Gasteiger charge is 2.26. The SMILES string of the molecule is C[C@H](NCC(=O)Nc1ccc(S(=O)(=O)N2CCCC2)cc1)c1ccc(Cl)cc1. The second kappa shape index (κ2) is 9.05. The van der Waals surface area contributed by atoms with Crippen LogP contribution in [0.5, 0.6) is 0 Å². The predicted octanol–water partition coefficient (Wildman–Crippen LogP) is 3.41. The fourth-order valence-corrected chi connectivity index (χ4v) is 4.75. The average Bonchev–Trinajstić information content (AvgIpc) is 3.23. The van der Waals surface area contributed by atoms with Gasteiger partial charge in [0.05, 0.1) is 11.4 Å². The third-order valence-electron chi connectivity index (χ3n) is 4.78. The molecule has 0 unspecified atom stereocenters. The predicted molar refractivity (Wildman–Crippen MR) is 111 cm³/mol. The Morgan fingerprint density at radius 3 is 2.29 bits per heavy atom. The number of benzene rings is 2. The number of carbonyl (C=O) groups excluding carboxylic acids is 1. The average molecular weight is 422 g/mol. The van der Waals surface area contributed by atoms with Crippen LogP contribution in [0.2, 0.25) is 5.02 Å². The van der Waals surface area contributed by atoms with Crippen LogP contribution in [-0.2, 0) is 14.8 Å². The Morgan fingerprint density at radius 2 is 1.68 bits per heavy atom. The molecule has 2 aromatic rings. The van der Waals surface area contributed by atoms with Gasteiger partial charge in [-0.3, -0.25) is 4.79 Å². The van der Waals surface area contributed by atoms with Crippen molar-refractivity contribution in [3.8, 4) is 0 Å². The topological polar surface area (TPSA) is 78.5 Å². The van der Waals surface area contributed by atoms with Crippen LogP contribution < -0.4 is 10.6 Å². The van der Waals surface area contributed by atoms with E-state index in [-0.39, 0.29) is 23.4 Å². The third kappa shape index (κ3) is 5.11. The summed E-state index contributed by atoms with van der Waals surface area (Å²) in [6.07, 6.45) is 1.80. The number of sulfonamides is 1. The van der Waals surface area contributed by atoms with Crippen molar-refractivity contribution in [2.24, 2.45) is 0 Å². The maximum Gasteiger partial charge on any atom is 0.243 e. The first-order valence-corrected chi connectivity index (χ1v) is 11.1. The van der Waals surface area contributed by atoms with Gasteiger partial charge in [0.2, 0.25) is 15.9 Å². The first-order chi connectivity index (χ1) is 13.4. The molecule has 0 radical (unpaired) electrons. The maximum atomic E-state index is 12.5. The zero-order valence-corrected chi connectivity index (χ0v) is 17.3. The Morgan fingerprint density at radius 1 is 1.07 bits per heavy atom. The van der Waals surface area contributed by atoms with Crippen molar-refractivity contribution in [3.05, 3.63) is 59.1 Å². The molecule has 1 saturated heterocycles. The normalized spacial score (nSPS) is 16.1. The fraction of sp³-hybridized carbons (Fsp3) is 0.350. The summed E-state index contributed by atoms with van der Waals surface area (Å²) in [6.45, 7) is 3.24. The van der Waals surface area contributed by atoms with Gasteiger partial charge < -0.3 is 10.6 Å². The van der Waals surface area contributed by atoms with Gasteiger partial charge in [0, 0.05) is 29.8 Å². The van der Waals surface area contributed by atoms with Crippen LogP contribution >= 0.6 is 11.6 Å². The molecule has 0 saturated carbocycles. The van der Waals surface area contributed by atoms with E-state index in [0.29, 0.717) is 23.8 Å². The molecule has 0 spiro atoms. The van der Waals surface area contributed by atoms with Crippen molar-refractivity contribution in [1.82, 2.24) is 9.62 Å². The standard InChI is InChI=1S/C20H24ClN3O3S/c1-15(16-4-6-17(21)7-5-16)22-14-20(25)23-18-8-10-19(11-9-18)28(26,27)24-12-2-3-13-24/h4-11,15,22H,2-3,12-14H2,1H3,(H,23,25)/t15-/m0/s1. The van der Waals surface area contributed by atoms with E-state index in [0.717, 1.165) is 18.4 Å². The summed E-state index contributed by atoms with van der Waals surface area (Å²) < 4.78 is 26.5. The van der Waals surface area contributed by atoms with Crippen LogP contribution in [-0.4, -0.2) is 38.3 Å². The summed E-state index contributed by atoms with van der Waals surface area (Å²) in [5.41, 5.74) is 1.60. The molecular weight excluding hydrogens is 398 g/mol. The van der Waals surface area contributed by atoms with Gasteiger partial charge in [-0.1, -0.05) is 23.7 Å². The number of amides is 1. The van der Waals surface area contributed by atoms with E-state index in [1.165, 1.54) is 16.4 Å². The van der Waals surface area contributed by atoms with Crippen molar-refractivity contribution < 1.29 is 13.2 Å². The van der Waals surface area contributed by atoms with Gasteiger partial charge in [-0.05, 0) is 61.7 Å². The molecule has 28 heavy (non-hydrogen) atoms. The van der Waals surface area contributed by atoms with Crippen LogP contribution in [0.15, 0.2) is 53.4 Å². The van der Waals surface area contributed by atoms with Crippen LogP contribution in [0.25, 0.3) is 0 Å². The molecule has 3 rings (SSSR count). The van der Waals surface area contributed by atoms with E-state index in [2.05, 4.69) is 10.6 Å². The number of halogens is 1. The minimum atomic E-state index is -3.44. The molecule has 0 aromatic heterocycles. The summed E-state index contributed by atoms with van der Waals surface area (Å²) in [5.74, 6) is -0.198. The lowest BCUT2D eigenvalue weighted by atomic mass is 10.1. The maximum absolute atomic E-state index is 12.5. The first-order valence-electron chi connectivity index (χ1n) is 9.25. The van der Waals surface area contributed by atoms with Gasteiger partial charge in [-0.15, -0.1) is 0 Å². The molecule has 2 aromatic carbocycles. The molecule has 1 fully saturated rings. The van der Waals surface area contributed by atoms with E-state index in [1.54, 1.807) is 12.1 Å². The molecule has 0 aliphatic carbocycles. The van der Waals surface area contributed by atoms with Gasteiger partial charge in [-0.25, -0.2) is 8.42 Å². The summed E-state index contributed by atoms with van der Waals surface area (Å²) in [6, 6.07) is 13.7. The van der Waals surface area contributed by atoms with Gasteiger partial charge in [0.1, 0.15) is 0 Å². The number of rotatable bonds is 7. The number of hydrogen-bond donors (Lipinski definition) is 2. The summed E-state index contributed by atoms with van der Waals surface area (Å²) in [7, 11) is -3.44. The fourth-order valence-electron chi connectivity index (χ4n) is 3.11. The highest BCUT2D eigenvalue weighted by atomic mass is 35.5. The number of carbonyl (C=O) groups is 1. The zero-order valence-electron chi connectivity index (χ0n) is 15.7. The van der Waals surface area contributed by atoms with Crippen molar-refractivity contribution in [2.45, 2.75) is 30.7 Å². The number of anilines is 1. The Labute approximate surface area is 170 Å². The zero-order chi connectivity index (χ0) is 20.1. The highest BCUT2D eigenvalue weighted by Crippen LogP contribution is 2.22. The molecule has 1 aliphatic heterocycles. The van der Waals surface area contributed by atoms with E-state index in [4.69, 9.17) is 11.6 Å². The summed E-state index contributed by atoms with van der Waals surface area (Å²) >= 11 is 5.89. The smallest absolute Gasteiger partial charge is 0.243 e. The van der Waals surface area contributed by atoms with Crippen LogP contribution in [0.1, 0.15) is 31.4 Å². The van der Waals surface area contributed by atoms with Gasteiger partial charge >= 0.3 is 0 Å². The first kappa shape index (κ1) is 20.8. The van der Waals surface area contributed by atoms with E-state index in [1.807, 2.05) is 31.2 Å². The van der Waals surface area contributed by atoms with Crippen molar-refractivity contribution >= 4 is 33.2 Å². The Bertz CT molecular complexity index is 909.